The van der Waals surface area contributed by atoms with E-state index in [4.69, 9.17) is 4.42 Å². The highest BCUT2D eigenvalue weighted by Gasteiger charge is 2.13. The molecule has 0 bridgehead atoms. The van der Waals surface area contributed by atoms with Gasteiger partial charge in [0.1, 0.15) is 11.6 Å². The third kappa shape index (κ3) is 4.11. The molecule has 0 saturated heterocycles. The molecule has 0 spiro atoms. The van der Waals surface area contributed by atoms with E-state index in [9.17, 15) is 14.0 Å². The van der Waals surface area contributed by atoms with Gasteiger partial charge >= 0.3 is 0 Å². The molecule has 2 aromatic carbocycles. The summed E-state index contributed by atoms with van der Waals surface area (Å²) in [6, 6.07) is 15.8. The van der Waals surface area contributed by atoms with Crippen molar-refractivity contribution in [3.8, 4) is 11.3 Å². The summed E-state index contributed by atoms with van der Waals surface area (Å²) in [5.41, 5.74) is 1.78. The van der Waals surface area contributed by atoms with E-state index in [0.29, 0.717) is 22.7 Å². The second-order valence-corrected chi connectivity index (χ2v) is 5.39. The summed E-state index contributed by atoms with van der Waals surface area (Å²) in [6.45, 7) is 1.41. The van der Waals surface area contributed by atoms with Crippen LogP contribution in [0.5, 0.6) is 0 Å². The second kappa shape index (κ2) is 7.00. The molecule has 0 aliphatic heterocycles. The summed E-state index contributed by atoms with van der Waals surface area (Å²) in [6.07, 6.45) is 0. The Morgan fingerprint density at radius 1 is 0.920 bits per heavy atom. The van der Waals surface area contributed by atoms with Crippen molar-refractivity contribution in [3.63, 3.8) is 0 Å². The van der Waals surface area contributed by atoms with Crippen molar-refractivity contribution in [2.24, 2.45) is 0 Å². The predicted molar refractivity (Wildman–Crippen MR) is 92.8 cm³/mol. The van der Waals surface area contributed by atoms with Crippen LogP contribution in [0.15, 0.2) is 65.1 Å². The fraction of sp³-hybridized carbons (Fsp3) is 0.0526. The van der Waals surface area contributed by atoms with E-state index in [1.807, 2.05) is 0 Å². The summed E-state index contributed by atoms with van der Waals surface area (Å²) in [7, 11) is 0. The van der Waals surface area contributed by atoms with Crippen molar-refractivity contribution >= 4 is 23.2 Å². The zero-order valence-corrected chi connectivity index (χ0v) is 13.4. The minimum absolute atomic E-state index is 0.129. The molecular formula is C19H15FN2O3. The van der Waals surface area contributed by atoms with Crippen molar-refractivity contribution in [3.05, 3.63) is 72.2 Å². The third-order valence-corrected chi connectivity index (χ3v) is 3.40. The van der Waals surface area contributed by atoms with Crippen molar-refractivity contribution in [1.82, 2.24) is 0 Å². The third-order valence-electron chi connectivity index (χ3n) is 3.40. The lowest BCUT2D eigenvalue weighted by molar-refractivity contribution is -0.114. The van der Waals surface area contributed by atoms with Crippen LogP contribution < -0.4 is 10.6 Å². The Morgan fingerprint density at radius 3 is 2.28 bits per heavy atom. The Balaban J connectivity index is 1.74. The zero-order chi connectivity index (χ0) is 17.8. The number of rotatable bonds is 4. The maximum Gasteiger partial charge on any atom is 0.291 e. The van der Waals surface area contributed by atoms with E-state index in [-0.39, 0.29) is 17.5 Å². The number of carbonyl (C=O) groups is 2. The highest BCUT2D eigenvalue weighted by atomic mass is 19.1. The standard InChI is InChI=1S/C19H15FN2O3/c1-12(23)21-15-3-2-4-16(11-15)22-19(24)18-10-9-17(25-18)13-5-7-14(20)8-6-13/h2-11H,1H3,(H,21,23)(H,22,24). The van der Waals surface area contributed by atoms with Gasteiger partial charge in [0, 0.05) is 23.9 Å². The normalized spacial score (nSPS) is 10.3. The van der Waals surface area contributed by atoms with E-state index in [2.05, 4.69) is 10.6 Å². The molecule has 126 valence electrons. The molecule has 0 atom stereocenters. The molecule has 25 heavy (non-hydrogen) atoms. The van der Waals surface area contributed by atoms with Gasteiger partial charge in [0.15, 0.2) is 5.76 Å². The van der Waals surface area contributed by atoms with Gasteiger partial charge in [0.05, 0.1) is 0 Å². The van der Waals surface area contributed by atoms with Crippen molar-refractivity contribution in [1.29, 1.82) is 0 Å². The number of furan rings is 1. The molecule has 5 nitrogen and oxygen atoms in total. The minimum atomic E-state index is -0.423. The van der Waals surface area contributed by atoms with Gasteiger partial charge in [-0.05, 0) is 54.6 Å². The Kier molecular flexibility index (Phi) is 4.61. The molecular weight excluding hydrogens is 323 g/mol. The minimum Gasteiger partial charge on any atom is -0.451 e. The van der Waals surface area contributed by atoms with E-state index in [0.717, 1.165) is 0 Å². The average Bonchev–Trinajstić information content (AvgIpc) is 3.05. The molecule has 0 saturated carbocycles. The van der Waals surface area contributed by atoms with Gasteiger partial charge in [0.25, 0.3) is 5.91 Å². The van der Waals surface area contributed by atoms with E-state index in [1.165, 1.54) is 19.1 Å². The van der Waals surface area contributed by atoms with Crippen LogP contribution in [-0.4, -0.2) is 11.8 Å². The zero-order valence-electron chi connectivity index (χ0n) is 13.4. The van der Waals surface area contributed by atoms with Crippen LogP contribution in [0.25, 0.3) is 11.3 Å². The fourth-order valence-electron chi connectivity index (χ4n) is 2.30. The summed E-state index contributed by atoms with van der Waals surface area (Å²) in [4.78, 5) is 23.4. The van der Waals surface area contributed by atoms with Crippen LogP contribution in [0, 0.1) is 5.82 Å². The summed E-state index contributed by atoms with van der Waals surface area (Å²) < 4.78 is 18.5. The highest BCUT2D eigenvalue weighted by Crippen LogP contribution is 2.23. The quantitative estimate of drug-likeness (QED) is 0.745. The molecule has 2 N–H and O–H groups in total. The topological polar surface area (TPSA) is 71.3 Å². The first-order chi connectivity index (χ1) is 12.0. The van der Waals surface area contributed by atoms with Crippen LogP contribution in [0.2, 0.25) is 0 Å². The molecule has 3 rings (SSSR count). The predicted octanol–water partition coefficient (Wildman–Crippen LogP) is 4.30. The number of carbonyl (C=O) groups excluding carboxylic acids is 2. The molecule has 0 radical (unpaired) electrons. The number of amides is 2. The number of halogens is 1. The maximum atomic E-state index is 13.0. The first-order valence-electron chi connectivity index (χ1n) is 7.56. The molecule has 2 amide bonds. The van der Waals surface area contributed by atoms with Crippen molar-refractivity contribution in [2.75, 3.05) is 10.6 Å². The number of hydrogen-bond donors (Lipinski definition) is 2. The van der Waals surface area contributed by atoms with Crippen LogP contribution in [0.1, 0.15) is 17.5 Å². The Hall–Kier alpha value is -3.41. The molecule has 1 heterocycles. The fourth-order valence-corrected chi connectivity index (χ4v) is 2.30. The molecule has 1 aromatic heterocycles. The second-order valence-electron chi connectivity index (χ2n) is 5.39. The lowest BCUT2D eigenvalue weighted by atomic mass is 10.2. The smallest absolute Gasteiger partial charge is 0.291 e. The van der Waals surface area contributed by atoms with Gasteiger partial charge in [-0.2, -0.15) is 0 Å². The largest absolute Gasteiger partial charge is 0.451 e. The van der Waals surface area contributed by atoms with Crippen LogP contribution >= 0.6 is 0 Å². The van der Waals surface area contributed by atoms with Gasteiger partial charge in [-0.15, -0.1) is 0 Å². The molecule has 0 fully saturated rings. The van der Waals surface area contributed by atoms with Crippen molar-refractivity contribution in [2.45, 2.75) is 6.92 Å². The molecule has 3 aromatic rings. The van der Waals surface area contributed by atoms with E-state index >= 15 is 0 Å². The van der Waals surface area contributed by atoms with Gasteiger partial charge in [-0.1, -0.05) is 6.07 Å². The molecule has 6 heteroatoms. The van der Waals surface area contributed by atoms with E-state index in [1.54, 1.807) is 48.5 Å². The summed E-state index contributed by atoms with van der Waals surface area (Å²) in [5, 5.41) is 5.35. The van der Waals surface area contributed by atoms with Crippen LogP contribution in [0.4, 0.5) is 15.8 Å². The first-order valence-corrected chi connectivity index (χ1v) is 7.56. The maximum absolute atomic E-state index is 13.0. The average molecular weight is 338 g/mol. The molecule has 0 unspecified atom stereocenters. The Labute approximate surface area is 143 Å². The van der Waals surface area contributed by atoms with E-state index < -0.39 is 5.91 Å². The first kappa shape index (κ1) is 16.4. The van der Waals surface area contributed by atoms with Crippen molar-refractivity contribution < 1.29 is 18.4 Å². The SMILES string of the molecule is CC(=O)Nc1cccc(NC(=O)c2ccc(-c3ccc(F)cc3)o2)c1. The molecule has 0 aliphatic rings. The summed E-state index contributed by atoms with van der Waals surface area (Å²) >= 11 is 0. The lowest BCUT2D eigenvalue weighted by Crippen LogP contribution is -2.11. The van der Waals surface area contributed by atoms with Crippen LogP contribution in [-0.2, 0) is 4.79 Å². The van der Waals surface area contributed by atoms with Crippen LogP contribution in [0.3, 0.4) is 0 Å². The Morgan fingerprint density at radius 2 is 1.60 bits per heavy atom. The van der Waals surface area contributed by atoms with Gasteiger partial charge in [-0.25, -0.2) is 4.39 Å². The Bertz CT molecular complexity index is 916. The van der Waals surface area contributed by atoms with Gasteiger partial charge < -0.3 is 15.1 Å². The van der Waals surface area contributed by atoms with Gasteiger partial charge in [-0.3, -0.25) is 9.59 Å². The number of nitrogens with one attached hydrogen (secondary N) is 2. The summed E-state index contributed by atoms with van der Waals surface area (Å²) in [5.74, 6) is -0.361. The number of hydrogen-bond acceptors (Lipinski definition) is 3. The number of benzene rings is 2. The monoisotopic (exact) mass is 338 g/mol. The number of anilines is 2. The molecule has 0 aliphatic carbocycles. The van der Waals surface area contributed by atoms with Gasteiger partial charge in [0.2, 0.25) is 5.91 Å². The highest BCUT2D eigenvalue weighted by molar-refractivity contribution is 6.03. The lowest BCUT2D eigenvalue weighted by Gasteiger charge is -2.06.